The van der Waals surface area contributed by atoms with Crippen LogP contribution in [0.3, 0.4) is 0 Å². The van der Waals surface area contributed by atoms with E-state index in [9.17, 15) is 9.59 Å². The number of hydrogen-bond acceptors (Lipinski definition) is 5. The van der Waals surface area contributed by atoms with Crippen LogP contribution >= 0.6 is 23.1 Å². The molecule has 2 heterocycles. The molecule has 1 aromatic heterocycles. The monoisotopic (exact) mass is 346 g/mol. The molecular formula is C17H18N2O2S2. The van der Waals surface area contributed by atoms with Gasteiger partial charge in [-0.15, -0.1) is 11.3 Å². The number of thioether (sulfide) groups is 1. The lowest BCUT2D eigenvalue weighted by Crippen LogP contribution is -2.30. The number of aromatic nitrogens is 1. The highest BCUT2D eigenvalue weighted by atomic mass is 32.2. The highest BCUT2D eigenvalue weighted by Crippen LogP contribution is 2.24. The molecule has 23 heavy (non-hydrogen) atoms. The minimum atomic E-state index is -0.148. The molecule has 1 aromatic carbocycles. The minimum Gasteiger partial charge on any atom is -0.274 e. The third-order valence-electron chi connectivity index (χ3n) is 3.79. The van der Waals surface area contributed by atoms with Gasteiger partial charge in [-0.25, -0.2) is 4.98 Å². The lowest BCUT2D eigenvalue weighted by Gasteiger charge is -2.13. The summed E-state index contributed by atoms with van der Waals surface area (Å²) in [6, 6.07) is 7.05. The maximum Gasteiger partial charge on any atom is 0.261 e. The molecule has 0 radical (unpaired) electrons. The largest absolute Gasteiger partial charge is 0.274 e. The Labute approximate surface area is 143 Å². The van der Waals surface area contributed by atoms with Gasteiger partial charge in [-0.2, -0.15) is 0 Å². The van der Waals surface area contributed by atoms with Crippen LogP contribution in [0.25, 0.3) is 0 Å². The first-order valence-electron chi connectivity index (χ1n) is 7.75. The fraction of sp³-hybridized carbons (Fsp3) is 0.353. The molecule has 1 aliphatic rings. The summed E-state index contributed by atoms with van der Waals surface area (Å²) in [7, 11) is 0. The number of amides is 2. The van der Waals surface area contributed by atoms with E-state index in [1.54, 1.807) is 47.4 Å². The van der Waals surface area contributed by atoms with E-state index in [0.29, 0.717) is 17.7 Å². The van der Waals surface area contributed by atoms with Crippen molar-refractivity contribution in [3.05, 3.63) is 47.0 Å². The number of unbranched alkanes of at least 4 members (excludes halogenated alkanes) is 3. The summed E-state index contributed by atoms with van der Waals surface area (Å²) in [4.78, 5) is 30.0. The van der Waals surface area contributed by atoms with E-state index in [1.165, 1.54) is 4.90 Å². The summed E-state index contributed by atoms with van der Waals surface area (Å²) in [6.45, 7) is 0.520. The molecule has 2 amide bonds. The van der Waals surface area contributed by atoms with E-state index in [0.717, 1.165) is 35.8 Å². The highest BCUT2D eigenvalue weighted by molar-refractivity contribution is 8.00. The summed E-state index contributed by atoms with van der Waals surface area (Å²) in [5.74, 6) is 0.774. The number of imide groups is 1. The van der Waals surface area contributed by atoms with Gasteiger partial charge in [0.15, 0.2) is 0 Å². The van der Waals surface area contributed by atoms with E-state index in [4.69, 9.17) is 0 Å². The average molecular weight is 346 g/mol. The minimum absolute atomic E-state index is 0.148. The van der Waals surface area contributed by atoms with Crippen molar-refractivity contribution in [1.29, 1.82) is 0 Å². The molecule has 0 aliphatic carbocycles. The van der Waals surface area contributed by atoms with Crippen LogP contribution in [-0.4, -0.2) is 34.0 Å². The van der Waals surface area contributed by atoms with Gasteiger partial charge in [-0.05, 0) is 25.0 Å². The standard InChI is InChI=1S/C17H18N2O2S2/c20-15-13-7-3-4-8-14(13)16(21)19(15)10-5-1-2-6-11-22-17-18-9-12-23-17/h3-4,7-9,12H,1-2,5-6,10-11H2. The summed E-state index contributed by atoms with van der Waals surface area (Å²) in [5, 5.41) is 1.99. The number of carbonyl (C=O) groups is 2. The van der Waals surface area contributed by atoms with Crippen LogP contribution in [0.1, 0.15) is 46.4 Å². The molecular weight excluding hydrogens is 328 g/mol. The Kier molecular flexibility index (Phi) is 5.46. The summed E-state index contributed by atoms with van der Waals surface area (Å²) >= 11 is 3.46. The molecule has 120 valence electrons. The quantitative estimate of drug-likeness (QED) is 0.410. The van der Waals surface area contributed by atoms with E-state index < -0.39 is 0 Å². The number of fused-ring (bicyclic) bond motifs is 1. The first-order valence-corrected chi connectivity index (χ1v) is 9.61. The van der Waals surface area contributed by atoms with E-state index in [2.05, 4.69) is 4.98 Å². The van der Waals surface area contributed by atoms with Gasteiger partial charge in [0, 0.05) is 23.9 Å². The molecule has 0 spiro atoms. The van der Waals surface area contributed by atoms with Crippen molar-refractivity contribution in [1.82, 2.24) is 9.88 Å². The van der Waals surface area contributed by atoms with Crippen molar-refractivity contribution < 1.29 is 9.59 Å². The van der Waals surface area contributed by atoms with Gasteiger partial charge in [0.2, 0.25) is 0 Å². The third-order valence-corrected chi connectivity index (χ3v) is 5.84. The number of nitrogens with zero attached hydrogens (tertiary/aromatic N) is 2. The zero-order valence-corrected chi connectivity index (χ0v) is 14.4. The first kappa shape index (κ1) is 16.2. The molecule has 0 N–H and O–H groups in total. The molecule has 6 heteroatoms. The smallest absolute Gasteiger partial charge is 0.261 e. The Morgan fingerprint density at radius 1 is 1.00 bits per heavy atom. The Morgan fingerprint density at radius 3 is 2.35 bits per heavy atom. The van der Waals surface area contributed by atoms with Gasteiger partial charge in [0.1, 0.15) is 4.34 Å². The van der Waals surface area contributed by atoms with Crippen molar-refractivity contribution in [3.8, 4) is 0 Å². The van der Waals surface area contributed by atoms with Crippen LogP contribution in [0.15, 0.2) is 40.2 Å². The molecule has 0 saturated heterocycles. The number of carbonyl (C=O) groups excluding carboxylic acids is 2. The molecule has 0 atom stereocenters. The van der Waals surface area contributed by atoms with Gasteiger partial charge in [-0.1, -0.05) is 36.7 Å². The lowest BCUT2D eigenvalue weighted by molar-refractivity contribution is 0.0651. The maximum atomic E-state index is 12.2. The molecule has 0 fully saturated rings. The summed E-state index contributed by atoms with van der Waals surface area (Å²) in [5.41, 5.74) is 1.08. The molecule has 2 aromatic rings. The lowest BCUT2D eigenvalue weighted by atomic mass is 10.1. The molecule has 4 nitrogen and oxygen atoms in total. The van der Waals surface area contributed by atoms with Crippen LogP contribution in [-0.2, 0) is 0 Å². The Morgan fingerprint density at radius 2 is 1.70 bits per heavy atom. The molecule has 0 unspecified atom stereocenters. The van der Waals surface area contributed by atoms with Crippen LogP contribution in [0.2, 0.25) is 0 Å². The van der Waals surface area contributed by atoms with Crippen LogP contribution in [0, 0.1) is 0 Å². The fourth-order valence-corrected chi connectivity index (χ4v) is 4.32. The second-order valence-corrected chi connectivity index (χ2v) is 7.60. The summed E-state index contributed by atoms with van der Waals surface area (Å²) in [6.07, 6.45) is 5.97. The number of benzene rings is 1. The van der Waals surface area contributed by atoms with Gasteiger partial charge < -0.3 is 0 Å². The van der Waals surface area contributed by atoms with Crippen LogP contribution < -0.4 is 0 Å². The topological polar surface area (TPSA) is 50.3 Å². The molecule has 3 rings (SSSR count). The maximum absolute atomic E-state index is 12.2. The Hall–Kier alpha value is -1.66. The van der Waals surface area contributed by atoms with Crippen LogP contribution in [0.4, 0.5) is 0 Å². The van der Waals surface area contributed by atoms with E-state index in [1.807, 2.05) is 11.6 Å². The van der Waals surface area contributed by atoms with Gasteiger partial charge in [0.25, 0.3) is 11.8 Å². The van der Waals surface area contributed by atoms with Crippen LogP contribution in [0.5, 0.6) is 0 Å². The van der Waals surface area contributed by atoms with Crippen molar-refractivity contribution in [2.24, 2.45) is 0 Å². The number of hydrogen-bond donors (Lipinski definition) is 0. The fourth-order valence-electron chi connectivity index (χ4n) is 2.61. The Bertz CT molecular complexity index is 651. The normalized spacial score (nSPS) is 13.7. The summed E-state index contributed by atoms with van der Waals surface area (Å²) < 4.78 is 1.12. The van der Waals surface area contributed by atoms with E-state index >= 15 is 0 Å². The second kappa shape index (κ2) is 7.75. The first-order chi connectivity index (χ1) is 11.3. The zero-order valence-electron chi connectivity index (χ0n) is 12.7. The van der Waals surface area contributed by atoms with Crippen molar-refractivity contribution in [2.45, 2.75) is 30.0 Å². The van der Waals surface area contributed by atoms with Crippen molar-refractivity contribution in [3.63, 3.8) is 0 Å². The molecule has 0 saturated carbocycles. The second-order valence-electron chi connectivity index (χ2n) is 5.37. The zero-order chi connectivity index (χ0) is 16.1. The average Bonchev–Trinajstić information content (AvgIpc) is 3.17. The van der Waals surface area contributed by atoms with Gasteiger partial charge in [-0.3, -0.25) is 14.5 Å². The van der Waals surface area contributed by atoms with Crippen molar-refractivity contribution >= 4 is 34.9 Å². The predicted molar refractivity (Wildman–Crippen MR) is 93.1 cm³/mol. The molecule has 0 bridgehead atoms. The number of thiazole rings is 1. The predicted octanol–water partition coefficient (Wildman–Crippen LogP) is 4.09. The third kappa shape index (κ3) is 3.82. The van der Waals surface area contributed by atoms with Crippen molar-refractivity contribution in [2.75, 3.05) is 12.3 Å². The molecule has 1 aliphatic heterocycles. The van der Waals surface area contributed by atoms with Gasteiger partial charge in [0.05, 0.1) is 11.1 Å². The number of rotatable bonds is 8. The Balaban J connectivity index is 1.35. The SMILES string of the molecule is O=C1c2ccccc2C(=O)N1CCCCCCSc1nccs1. The highest BCUT2D eigenvalue weighted by Gasteiger charge is 2.34. The van der Waals surface area contributed by atoms with E-state index in [-0.39, 0.29) is 11.8 Å². The van der Waals surface area contributed by atoms with Gasteiger partial charge >= 0.3 is 0 Å².